The van der Waals surface area contributed by atoms with Crippen LogP contribution in [0.2, 0.25) is 0 Å². The van der Waals surface area contributed by atoms with Crippen molar-refractivity contribution in [1.29, 1.82) is 0 Å². The lowest BCUT2D eigenvalue weighted by molar-refractivity contribution is -0.129. The molecular weight excluding hydrogens is 576 g/mol. The van der Waals surface area contributed by atoms with Gasteiger partial charge in [-0.05, 0) is 60.9 Å². The molecule has 0 radical (unpaired) electrons. The van der Waals surface area contributed by atoms with Crippen molar-refractivity contribution in [2.75, 3.05) is 19.1 Å². The highest BCUT2D eigenvalue weighted by atomic mass is 79.9. The molecule has 2 heterocycles. The van der Waals surface area contributed by atoms with Gasteiger partial charge in [0.1, 0.15) is 0 Å². The Kier molecular flexibility index (Phi) is 7.68. The molecule has 0 aliphatic carbocycles. The molecule has 0 bridgehead atoms. The molecule has 40 heavy (non-hydrogen) atoms. The van der Waals surface area contributed by atoms with Crippen LogP contribution in [-0.4, -0.2) is 31.8 Å². The van der Waals surface area contributed by atoms with Crippen molar-refractivity contribution in [2.45, 2.75) is 52.0 Å². The fourth-order valence-electron chi connectivity index (χ4n) is 5.33. The van der Waals surface area contributed by atoms with Gasteiger partial charge >= 0.3 is 0 Å². The van der Waals surface area contributed by atoms with Crippen molar-refractivity contribution < 1.29 is 28.5 Å². The number of carbonyl (C=O) groups is 2. The summed E-state index contributed by atoms with van der Waals surface area (Å²) in [6.07, 6.45) is 0.682. The molecule has 0 aromatic heterocycles. The average Bonchev–Trinajstić information content (AvgIpc) is 3.23. The zero-order chi connectivity index (χ0) is 28.6. The Labute approximate surface area is 242 Å². The summed E-state index contributed by atoms with van der Waals surface area (Å²) in [4.78, 5) is 29.0. The zero-order valence-electron chi connectivity index (χ0n) is 23.2. The number of anilines is 1. The minimum Gasteiger partial charge on any atom is -0.493 e. The minimum absolute atomic E-state index is 0.0335. The van der Waals surface area contributed by atoms with E-state index in [0.29, 0.717) is 29.4 Å². The van der Waals surface area contributed by atoms with Crippen LogP contribution in [0.4, 0.5) is 5.69 Å². The molecule has 2 aliphatic rings. The summed E-state index contributed by atoms with van der Waals surface area (Å²) in [5.41, 5.74) is 3.48. The van der Waals surface area contributed by atoms with Crippen LogP contribution < -0.4 is 29.2 Å². The molecule has 1 fully saturated rings. The summed E-state index contributed by atoms with van der Waals surface area (Å²) in [5.74, 6) is 0.978. The van der Waals surface area contributed by atoms with E-state index in [9.17, 15) is 9.59 Å². The number of piperidine rings is 1. The number of hydrogen-bond acceptors (Lipinski definition) is 6. The Morgan fingerprint density at radius 3 is 2.38 bits per heavy atom. The number of benzene rings is 3. The lowest BCUT2D eigenvalue weighted by atomic mass is 9.83. The Morgan fingerprint density at radius 1 is 1.02 bits per heavy atom. The molecule has 5 rings (SSSR count). The smallest absolute Gasteiger partial charge is 0.246 e. The van der Waals surface area contributed by atoms with Crippen LogP contribution in [0.15, 0.2) is 59.1 Å². The van der Waals surface area contributed by atoms with Crippen LogP contribution >= 0.6 is 15.9 Å². The normalized spacial score (nSPS) is 19.4. The standard InChI is InChI=1S/C31H33BrN2O6/c1-18-6-9-21(10-7-18)34-28(35)13-11-22(29(34)19-8-12-24(37-4)25(14-19)38-5)30(36)33-17-20-15-26-27(16-23(20)32)40-31(2,3)39-26/h6-10,12,14-16,22,29H,11,13,17H2,1-5H3,(H,33,36). The number of nitrogens with zero attached hydrogens (tertiary/aromatic N) is 1. The maximum Gasteiger partial charge on any atom is 0.246 e. The lowest BCUT2D eigenvalue weighted by Gasteiger charge is -2.41. The van der Waals surface area contributed by atoms with E-state index in [4.69, 9.17) is 18.9 Å². The number of aryl methyl sites for hydroxylation is 1. The zero-order valence-corrected chi connectivity index (χ0v) is 24.8. The number of halogens is 1. The van der Waals surface area contributed by atoms with Gasteiger partial charge in [-0.1, -0.05) is 39.7 Å². The van der Waals surface area contributed by atoms with Crippen LogP contribution in [0.3, 0.4) is 0 Å². The Balaban J connectivity index is 1.46. The number of fused-ring (bicyclic) bond motifs is 1. The van der Waals surface area contributed by atoms with Crippen molar-refractivity contribution in [1.82, 2.24) is 5.32 Å². The highest BCUT2D eigenvalue weighted by molar-refractivity contribution is 9.10. The van der Waals surface area contributed by atoms with E-state index in [0.717, 1.165) is 26.9 Å². The second kappa shape index (κ2) is 11.0. The molecule has 0 spiro atoms. The van der Waals surface area contributed by atoms with E-state index in [1.54, 1.807) is 25.2 Å². The Hall–Kier alpha value is -3.72. The van der Waals surface area contributed by atoms with Gasteiger partial charge in [0.2, 0.25) is 17.6 Å². The molecule has 0 saturated carbocycles. The van der Waals surface area contributed by atoms with E-state index in [2.05, 4.69) is 21.2 Å². The van der Waals surface area contributed by atoms with E-state index in [1.165, 1.54) is 0 Å². The third kappa shape index (κ3) is 5.47. The van der Waals surface area contributed by atoms with E-state index in [-0.39, 0.29) is 24.8 Å². The molecule has 2 amide bonds. The first kappa shape index (κ1) is 27.8. The highest BCUT2D eigenvalue weighted by Gasteiger charge is 2.42. The second-order valence-electron chi connectivity index (χ2n) is 10.5. The maximum absolute atomic E-state index is 13.8. The summed E-state index contributed by atoms with van der Waals surface area (Å²) < 4.78 is 23.5. The van der Waals surface area contributed by atoms with Crippen LogP contribution in [0.5, 0.6) is 23.0 Å². The summed E-state index contributed by atoms with van der Waals surface area (Å²) in [7, 11) is 3.14. The fourth-order valence-corrected chi connectivity index (χ4v) is 5.79. The minimum atomic E-state index is -0.746. The van der Waals surface area contributed by atoms with Gasteiger partial charge < -0.3 is 29.2 Å². The number of carbonyl (C=O) groups excluding carboxylic acids is 2. The predicted molar refractivity (Wildman–Crippen MR) is 155 cm³/mol. The molecule has 9 heteroatoms. The number of methoxy groups -OCH3 is 2. The van der Waals surface area contributed by atoms with E-state index >= 15 is 0 Å². The first-order valence-electron chi connectivity index (χ1n) is 13.2. The molecule has 3 aromatic rings. The largest absolute Gasteiger partial charge is 0.493 e. The summed E-state index contributed by atoms with van der Waals surface area (Å²) in [5, 5.41) is 3.11. The van der Waals surface area contributed by atoms with Gasteiger partial charge in [0.05, 0.1) is 26.2 Å². The van der Waals surface area contributed by atoms with Crippen molar-refractivity contribution in [2.24, 2.45) is 5.92 Å². The summed E-state index contributed by atoms with van der Waals surface area (Å²) in [6.45, 7) is 5.98. The Morgan fingerprint density at radius 2 is 1.70 bits per heavy atom. The predicted octanol–water partition coefficient (Wildman–Crippen LogP) is 6.08. The molecule has 1 saturated heterocycles. The van der Waals surface area contributed by atoms with Crippen molar-refractivity contribution in [3.8, 4) is 23.0 Å². The SMILES string of the molecule is COc1ccc(C2C(C(=O)NCc3cc4c(cc3Br)OC(C)(C)O4)CCC(=O)N2c2ccc(C)cc2)cc1OC. The van der Waals surface area contributed by atoms with Gasteiger partial charge in [0.15, 0.2) is 23.0 Å². The number of amides is 2. The molecule has 210 valence electrons. The van der Waals surface area contributed by atoms with Crippen LogP contribution in [0.25, 0.3) is 0 Å². The number of nitrogens with one attached hydrogen (secondary N) is 1. The lowest BCUT2D eigenvalue weighted by Crippen LogP contribution is -2.48. The summed E-state index contributed by atoms with van der Waals surface area (Å²) in [6, 6.07) is 16.5. The quantitative estimate of drug-likeness (QED) is 0.350. The molecule has 2 atom stereocenters. The van der Waals surface area contributed by atoms with Gasteiger partial charge in [0.25, 0.3) is 0 Å². The number of hydrogen-bond donors (Lipinski definition) is 1. The van der Waals surface area contributed by atoms with Gasteiger partial charge in [-0.2, -0.15) is 0 Å². The third-order valence-electron chi connectivity index (χ3n) is 7.27. The topological polar surface area (TPSA) is 86.3 Å². The van der Waals surface area contributed by atoms with Gasteiger partial charge in [-0.3, -0.25) is 9.59 Å². The average molecular weight is 610 g/mol. The molecule has 1 N–H and O–H groups in total. The second-order valence-corrected chi connectivity index (χ2v) is 11.4. The third-order valence-corrected chi connectivity index (χ3v) is 8.01. The molecular formula is C31H33BrN2O6. The monoisotopic (exact) mass is 608 g/mol. The highest BCUT2D eigenvalue weighted by Crippen LogP contribution is 2.44. The van der Waals surface area contributed by atoms with Crippen molar-refractivity contribution in [3.63, 3.8) is 0 Å². The first-order valence-corrected chi connectivity index (χ1v) is 14.0. The molecule has 8 nitrogen and oxygen atoms in total. The summed E-state index contributed by atoms with van der Waals surface area (Å²) >= 11 is 3.60. The van der Waals surface area contributed by atoms with Crippen LogP contribution in [0, 0.1) is 12.8 Å². The first-order chi connectivity index (χ1) is 19.1. The number of ether oxygens (including phenoxy) is 4. The van der Waals surface area contributed by atoms with E-state index in [1.807, 2.05) is 69.3 Å². The maximum atomic E-state index is 13.8. The van der Waals surface area contributed by atoms with E-state index < -0.39 is 17.7 Å². The number of rotatable bonds is 7. The van der Waals surface area contributed by atoms with Crippen molar-refractivity contribution in [3.05, 3.63) is 75.8 Å². The van der Waals surface area contributed by atoms with Gasteiger partial charge in [-0.25, -0.2) is 0 Å². The molecule has 2 unspecified atom stereocenters. The Bertz CT molecular complexity index is 1440. The van der Waals surface area contributed by atoms with Gasteiger partial charge in [0, 0.05) is 37.0 Å². The van der Waals surface area contributed by atoms with Gasteiger partial charge in [-0.15, -0.1) is 0 Å². The van der Waals surface area contributed by atoms with Crippen LogP contribution in [0.1, 0.15) is 49.4 Å². The molecule has 3 aromatic carbocycles. The molecule has 2 aliphatic heterocycles. The van der Waals surface area contributed by atoms with Crippen LogP contribution in [-0.2, 0) is 16.1 Å². The van der Waals surface area contributed by atoms with Crippen molar-refractivity contribution >= 4 is 33.4 Å². The fraction of sp³-hybridized carbons (Fsp3) is 0.355.